The smallest absolute Gasteiger partial charge is 0.165 e. The Morgan fingerprint density at radius 3 is 2.72 bits per heavy atom. The zero-order valence-electron chi connectivity index (χ0n) is 11.7. The Kier molecular flexibility index (Phi) is 4.57. The topological polar surface area (TPSA) is 17.1 Å². The summed E-state index contributed by atoms with van der Waals surface area (Å²) in [5, 5.41) is 0. The van der Waals surface area contributed by atoms with Crippen LogP contribution >= 0.6 is 0 Å². The summed E-state index contributed by atoms with van der Waals surface area (Å²) in [4.78, 5) is 12.5. The molecule has 1 aliphatic rings. The molecule has 1 heteroatoms. The van der Waals surface area contributed by atoms with Crippen molar-refractivity contribution in [3.05, 3.63) is 34.9 Å². The van der Waals surface area contributed by atoms with Gasteiger partial charge in [0.05, 0.1) is 0 Å². The molecule has 1 aromatic rings. The van der Waals surface area contributed by atoms with Crippen LogP contribution in [-0.2, 0) is 12.8 Å². The number of ketones is 1. The Morgan fingerprint density at radius 1 is 1.22 bits per heavy atom. The van der Waals surface area contributed by atoms with Crippen LogP contribution < -0.4 is 0 Å². The number of fused-ring (bicyclic) bond motifs is 1. The van der Waals surface area contributed by atoms with Crippen molar-refractivity contribution in [3.63, 3.8) is 0 Å². The van der Waals surface area contributed by atoms with Crippen molar-refractivity contribution in [3.8, 4) is 0 Å². The van der Waals surface area contributed by atoms with Gasteiger partial charge in [-0.05, 0) is 49.3 Å². The highest BCUT2D eigenvalue weighted by Crippen LogP contribution is 2.25. The highest BCUT2D eigenvalue weighted by molar-refractivity contribution is 5.98. The van der Waals surface area contributed by atoms with Gasteiger partial charge in [-0.15, -0.1) is 0 Å². The van der Waals surface area contributed by atoms with Crippen LogP contribution in [0.2, 0.25) is 0 Å². The molecule has 0 bridgehead atoms. The molecule has 1 aliphatic carbocycles. The molecule has 0 saturated carbocycles. The van der Waals surface area contributed by atoms with E-state index in [0.717, 1.165) is 31.2 Å². The normalized spacial score (nSPS) is 15.4. The molecular weight excluding hydrogens is 220 g/mol. The molecule has 0 aliphatic heterocycles. The molecule has 2 rings (SSSR count). The Balaban J connectivity index is 2.12. The summed E-state index contributed by atoms with van der Waals surface area (Å²) in [5.41, 5.74) is 3.80. The van der Waals surface area contributed by atoms with Gasteiger partial charge in [0.2, 0.25) is 0 Å². The van der Waals surface area contributed by atoms with Crippen molar-refractivity contribution in [2.24, 2.45) is 5.92 Å². The Bertz CT molecular complexity index is 420. The van der Waals surface area contributed by atoms with Crippen LogP contribution in [0.25, 0.3) is 0 Å². The SMILES string of the molecule is CCCCC(CC)C(=O)c1ccc2c(c1)CCC2. The summed E-state index contributed by atoms with van der Waals surface area (Å²) in [6, 6.07) is 6.36. The summed E-state index contributed by atoms with van der Waals surface area (Å²) >= 11 is 0. The first kappa shape index (κ1) is 13.3. The number of carbonyl (C=O) groups excluding carboxylic acids is 1. The van der Waals surface area contributed by atoms with E-state index < -0.39 is 0 Å². The second-order valence-electron chi connectivity index (χ2n) is 5.45. The lowest BCUT2D eigenvalue weighted by Gasteiger charge is -2.14. The monoisotopic (exact) mass is 244 g/mol. The molecular formula is C17H24O. The van der Waals surface area contributed by atoms with Crippen LogP contribution in [-0.4, -0.2) is 5.78 Å². The second kappa shape index (κ2) is 6.17. The molecule has 0 heterocycles. The minimum Gasteiger partial charge on any atom is -0.294 e. The molecule has 1 atom stereocenters. The standard InChI is InChI=1S/C17H24O/c1-3-5-7-13(4-2)17(18)16-11-10-14-8-6-9-15(14)12-16/h10-13H,3-9H2,1-2H3. The first-order valence-corrected chi connectivity index (χ1v) is 7.42. The average molecular weight is 244 g/mol. The van der Waals surface area contributed by atoms with Crippen molar-refractivity contribution < 1.29 is 4.79 Å². The molecule has 0 amide bonds. The van der Waals surface area contributed by atoms with Gasteiger partial charge in [-0.25, -0.2) is 0 Å². The number of Topliss-reactive ketones (excluding diaryl/α,β-unsaturated/α-hetero) is 1. The fourth-order valence-electron chi connectivity index (χ4n) is 2.93. The van der Waals surface area contributed by atoms with E-state index in [-0.39, 0.29) is 5.92 Å². The van der Waals surface area contributed by atoms with E-state index in [4.69, 9.17) is 0 Å². The number of unbranched alkanes of at least 4 members (excludes halogenated alkanes) is 1. The van der Waals surface area contributed by atoms with Crippen LogP contribution in [0.4, 0.5) is 0 Å². The zero-order valence-corrected chi connectivity index (χ0v) is 11.7. The number of hydrogen-bond donors (Lipinski definition) is 0. The number of rotatable bonds is 6. The molecule has 0 spiro atoms. The Labute approximate surface area is 111 Å². The molecule has 1 unspecified atom stereocenters. The summed E-state index contributed by atoms with van der Waals surface area (Å²) in [5.74, 6) is 0.588. The third kappa shape index (κ3) is 2.82. The lowest BCUT2D eigenvalue weighted by atomic mass is 9.89. The van der Waals surface area contributed by atoms with Crippen molar-refractivity contribution in [1.82, 2.24) is 0 Å². The van der Waals surface area contributed by atoms with E-state index in [0.29, 0.717) is 5.78 Å². The molecule has 0 aromatic heterocycles. The largest absolute Gasteiger partial charge is 0.294 e. The van der Waals surface area contributed by atoms with Crippen molar-refractivity contribution in [2.75, 3.05) is 0 Å². The summed E-state index contributed by atoms with van der Waals surface area (Å²) in [6.45, 7) is 4.32. The fourth-order valence-corrected chi connectivity index (χ4v) is 2.93. The van der Waals surface area contributed by atoms with Crippen molar-refractivity contribution >= 4 is 5.78 Å². The minimum atomic E-state index is 0.226. The molecule has 1 nitrogen and oxygen atoms in total. The van der Waals surface area contributed by atoms with Crippen molar-refractivity contribution in [2.45, 2.75) is 58.8 Å². The van der Waals surface area contributed by atoms with Crippen LogP contribution in [0.5, 0.6) is 0 Å². The molecule has 0 fully saturated rings. The molecule has 1 aromatic carbocycles. The van der Waals surface area contributed by atoms with Gasteiger partial charge in [-0.2, -0.15) is 0 Å². The van der Waals surface area contributed by atoms with E-state index in [2.05, 4.69) is 26.0 Å². The number of carbonyl (C=O) groups is 1. The predicted molar refractivity (Wildman–Crippen MR) is 76.1 cm³/mol. The Morgan fingerprint density at radius 2 is 2.00 bits per heavy atom. The molecule has 98 valence electrons. The average Bonchev–Trinajstić information content (AvgIpc) is 2.86. The number of aryl methyl sites for hydroxylation is 2. The maximum absolute atomic E-state index is 12.5. The van der Waals surface area contributed by atoms with Crippen LogP contribution in [0.15, 0.2) is 18.2 Å². The Hall–Kier alpha value is -1.11. The zero-order chi connectivity index (χ0) is 13.0. The first-order chi connectivity index (χ1) is 8.76. The van der Waals surface area contributed by atoms with Gasteiger partial charge in [0.1, 0.15) is 0 Å². The van der Waals surface area contributed by atoms with Gasteiger partial charge in [0.25, 0.3) is 0 Å². The predicted octanol–water partition coefficient (Wildman–Crippen LogP) is 4.57. The highest BCUT2D eigenvalue weighted by atomic mass is 16.1. The van der Waals surface area contributed by atoms with Crippen LogP contribution in [0.3, 0.4) is 0 Å². The quantitative estimate of drug-likeness (QED) is 0.670. The van der Waals surface area contributed by atoms with Gasteiger partial charge < -0.3 is 0 Å². The minimum absolute atomic E-state index is 0.226. The molecule has 18 heavy (non-hydrogen) atoms. The van der Waals surface area contributed by atoms with Crippen LogP contribution in [0.1, 0.15) is 67.4 Å². The first-order valence-electron chi connectivity index (χ1n) is 7.42. The highest BCUT2D eigenvalue weighted by Gasteiger charge is 2.19. The third-order valence-electron chi connectivity index (χ3n) is 4.15. The van der Waals surface area contributed by atoms with Crippen molar-refractivity contribution in [1.29, 1.82) is 0 Å². The van der Waals surface area contributed by atoms with Gasteiger partial charge in [0.15, 0.2) is 5.78 Å². The molecule has 0 saturated heterocycles. The van der Waals surface area contributed by atoms with Gasteiger partial charge in [0, 0.05) is 11.5 Å². The van der Waals surface area contributed by atoms with E-state index >= 15 is 0 Å². The lowest BCUT2D eigenvalue weighted by Crippen LogP contribution is -2.14. The molecule has 0 N–H and O–H groups in total. The molecule has 0 radical (unpaired) electrons. The van der Waals surface area contributed by atoms with Crippen LogP contribution in [0, 0.1) is 5.92 Å². The fraction of sp³-hybridized carbons (Fsp3) is 0.588. The van der Waals surface area contributed by atoms with E-state index in [9.17, 15) is 4.79 Å². The van der Waals surface area contributed by atoms with Gasteiger partial charge in [-0.1, -0.05) is 38.8 Å². The lowest BCUT2D eigenvalue weighted by molar-refractivity contribution is 0.0908. The van der Waals surface area contributed by atoms with E-state index in [1.807, 2.05) is 6.07 Å². The maximum atomic E-state index is 12.5. The third-order valence-corrected chi connectivity index (χ3v) is 4.15. The maximum Gasteiger partial charge on any atom is 0.165 e. The summed E-state index contributed by atoms with van der Waals surface area (Å²) < 4.78 is 0. The summed E-state index contributed by atoms with van der Waals surface area (Å²) in [6.07, 6.45) is 7.95. The second-order valence-corrected chi connectivity index (χ2v) is 5.45. The van der Waals surface area contributed by atoms with Gasteiger partial charge >= 0.3 is 0 Å². The van der Waals surface area contributed by atoms with Gasteiger partial charge in [-0.3, -0.25) is 4.79 Å². The number of hydrogen-bond acceptors (Lipinski definition) is 1. The number of benzene rings is 1. The van der Waals surface area contributed by atoms with E-state index in [1.54, 1.807) is 0 Å². The summed E-state index contributed by atoms with van der Waals surface area (Å²) in [7, 11) is 0. The van der Waals surface area contributed by atoms with E-state index in [1.165, 1.54) is 30.4 Å².